The van der Waals surface area contributed by atoms with Gasteiger partial charge in [0.25, 0.3) is 0 Å². The maximum absolute atomic E-state index is 11.0. The number of nitrogens with zero attached hydrogens (tertiary/aromatic N) is 4. The minimum atomic E-state index is -0.555. The minimum Gasteiger partial charge on any atom is -0.393 e. The van der Waals surface area contributed by atoms with Crippen LogP contribution in [0.15, 0.2) is 12.4 Å². The lowest BCUT2D eigenvalue weighted by Gasteiger charge is -2.31. The summed E-state index contributed by atoms with van der Waals surface area (Å²) in [5, 5.41) is 20.6. The normalized spacial score (nSPS) is 32.6. The summed E-state index contributed by atoms with van der Waals surface area (Å²) in [6.45, 7) is 5.34. The van der Waals surface area contributed by atoms with E-state index in [1.807, 2.05) is 6.07 Å². The van der Waals surface area contributed by atoms with Gasteiger partial charge in [-0.15, -0.1) is 0 Å². The quantitative estimate of drug-likeness (QED) is 0.867. The molecular weight excluding hydrogens is 292 g/mol. The van der Waals surface area contributed by atoms with Crippen LogP contribution in [0.4, 0.5) is 11.6 Å². The lowest BCUT2D eigenvalue weighted by atomic mass is 9.88. The van der Waals surface area contributed by atoms with Gasteiger partial charge in [0.1, 0.15) is 18.0 Å². The summed E-state index contributed by atoms with van der Waals surface area (Å²) in [6, 6.07) is 2.03. The molecule has 1 saturated carbocycles. The van der Waals surface area contributed by atoms with Crippen molar-refractivity contribution < 1.29 is 10.2 Å². The van der Waals surface area contributed by atoms with E-state index in [4.69, 9.17) is 0 Å². The van der Waals surface area contributed by atoms with Crippen LogP contribution in [0.25, 0.3) is 0 Å². The van der Waals surface area contributed by atoms with Gasteiger partial charge in [0.2, 0.25) is 0 Å². The van der Waals surface area contributed by atoms with Gasteiger partial charge in [0, 0.05) is 38.2 Å². The number of hydrogen-bond donors (Lipinski definition) is 2. The van der Waals surface area contributed by atoms with Crippen molar-refractivity contribution >= 4 is 11.6 Å². The molecule has 0 bridgehead atoms. The molecule has 1 aromatic rings. The molecular formula is C17H26N4O2. The predicted molar refractivity (Wildman–Crippen MR) is 88.5 cm³/mol. The molecule has 0 aromatic carbocycles. The average molecular weight is 318 g/mol. The molecule has 3 heterocycles. The zero-order chi connectivity index (χ0) is 16.0. The van der Waals surface area contributed by atoms with Crippen LogP contribution in [0.5, 0.6) is 0 Å². The molecule has 0 spiro atoms. The molecule has 2 saturated heterocycles. The van der Waals surface area contributed by atoms with Crippen LogP contribution in [0.3, 0.4) is 0 Å². The van der Waals surface area contributed by atoms with E-state index in [2.05, 4.69) is 26.7 Å². The van der Waals surface area contributed by atoms with Gasteiger partial charge in [-0.2, -0.15) is 0 Å². The van der Waals surface area contributed by atoms with E-state index in [9.17, 15) is 10.2 Å². The first-order valence-electron chi connectivity index (χ1n) is 8.78. The second kappa shape index (κ2) is 5.60. The summed E-state index contributed by atoms with van der Waals surface area (Å²) < 4.78 is 0. The maximum atomic E-state index is 11.0. The fraction of sp³-hybridized carbons (Fsp3) is 0.765. The molecule has 4 rings (SSSR count). The number of aromatic nitrogens is 2. The number of anilines is 2. The lowest BCUT2D eigenvalue weighted by molar-refractivity contribution is 0.00281. The summed E-state index contributed by atoms with van der Waals surface area (Å²) >= 11 is 0. The molecule has 3 fully saturated rings. The molecule has 3 aliphatic rings. The maximum Gasteiger partial charge on any atom is 0.134 e. The van der Waals surface area contributed by atoms with Crippen molar-refractivity contribution in [1.29, 1.82) is 0 Å². The van der Waals surface area contributed by atoms with Crippen molar-refractivity contribution in [2.75, 3.05) is 36.0 Å². The Morgan fingerprint density at radius 1 is 1.09 bits per heavy atom. The summed E-state index contributed by atoms with van der Waals surface area (Å²) in [5.41, 5.74) is -0.555. The van der Waals surface area contributed by atoms with Crippen molar-refractivity contribution in [3.8, 4) is 0 Å². The predicted octanol–water partition coefficient (Wildman–Crippen LogP) is 1.03. The van der Waals surface area contributed by atoms with E-state index in [1.54, 1.807) is 6.33 Å². The highest BCUT2D eigenvalue weighted by molar-refractivity contribution is 5.51. The molecule has 1 aromatic heterocycles. The Bertz CT molecular complexity index is 571. The fourth-order valence-corrected chi connectivity index (χ4v) is 4.08. The summed E-state index contributed by atoms with van der Waals surface area (Å²) in [6.07, 6.45) is 5.33. The molecule has 0 unspecified atom stereocenters. The Kier molecular flexibility index (Phi) is 3.69. The minimum absolute atomic E-state index is 0.180. The largest absolute Gasteiger partial charge is 0.393 e. The van der Waals surface area contributed by atoms with Gasteiger partial charge in [-0.1, -0.05) is 6.92 Å². The smallest absolute Gasteiger partial charge is 0.134 e. The second-order valence-corrected chi connectivity index (χ2v) is 7.50. The second-order valence-electron chi connectivity index (χ2n) is 7.50. The summed E-state index contributed by atoms with van der Waals surface area (Å²) in [4.78, 5) is 13.3. The van der Waals surface area contributed by atoms with E-state index < -0.39 is 5.60 Å². The van der Waals surface area contributed by atoms with Crippen LogP contribution >= 0.6 is 0 Å². The Morgan fingerprint density at radius 2 is 1.74 bits per heavy atom. The molecule has 2 atom stereocenters. The van der Waals surface area contributed by atoms with Crippen molar-refractivity contribution in [2.45, 2.75) is 44.3 Å². The van der Waals surface area contributed by atoms with Gasteiger partial charge in [-0.05, 0) is 31.6 Å². The Morgan fingerprint density at radius 3 is 2.39 bits per heavy atom. The van der Waals surface area contributed by atoms with E-state index in [1.165, 1.54) is 0 Å². The first-order valence-corrected chi connectivity index (χ1v) is 8.78. The molecule has 126 valence electrons. The SMILES string of the molecule is C[C@@H]1CN(c2cc(N3CCC(O)CC3)ncn2)C[C@@]1(O)C1CC1. The number of rotatable bonds is 3. The zero-order valence-corrected chi connectivity index (χ0v) is 13.7. The van der Waals surface area contributed by atoms with E-state index in [-0.39, 0.29) is 12.0 Å². The highest BCUT2D eigenvalue weighted by Gasteiger charge is 2.52. The van der Waals surface area contributed by atoms with Crippen LogP contribution in [0.1, 0.15) is 32.6 Å². The highest BCUT2D eigenvalue weighted by atomic mass is 16.3. The number of aliphatic hydroxyl groups is 2. The van der Waals surface area contributed by atoms with Crippen LogP contribution in [0.2, 0.25) is 0 Å². The molecule has 23 heavy (non-hydrogen) atoms. The van der Waals surface area contributed by atoms with E-state index in [0.717, 1.165) is 57.0 Å². The van der Waals surface area contributed by atoms with E-state index >= 15 is 0 Å². The van der Waals surface area contributed by atoms with E-state index in [0.29, 0.717) is 12.5 Å². The van der Waals surface area contributed by atoms with Crippen molar-refractivity contribution in [1.82, 2.24) is 9.97 Å². The van der Waals surface area contributed by atoms with Crippen molar-refractivity contribution in [3.63, 3.8) is 0 Å². The van der Waals surface area contributed by atoms with Crippen LogP contribution in [0, 0.1) is 11.8 Å². The first kappa shape index (κ1) is 15.1. The Balaban J connectivity index is 1.50. The van der Waals surface area contributed by atoms with Crippen molar-refractivity contribution in [2.24, 2.45) is 11.8 Å². The number of β-amino-alcohol motifs (C(OH)–C–C–N with tert-alkyl or cyclic N) is 1. The van der Waals surface area contributed by atoms with Gasteiger partial charge in [0.05, 0.1) is 11.7 Å². The Labute approximate surface area is 137 Å². The molecule has 2 N–H and O–H groups in total. The van der Waals surface area contributed by atoms with Gasteiger partial charge in [-0.25, -0.2) is 9.97 Å². The van der Waals surface area contributed by atoms with Crippen LogP contribution in [-0.4, -0.2) is 58.1 Å². The van der Waals surface area contributed by atoms with Crippen LogP contribution in [-0.2, 0) is 0 Å². The third-order valence-corrected chi connectivity index (χ3v) is 5.83. The van der Waals surface area contributed by atoms with Gasteiger partial charge in [-0.3, -0.25) is 0 Å². The summed E-state index contributed by atoms with van der Waals surface area (Å²) in [7, 11) is 0. The van der Waals surface area contributed by atoms with Gasteiger partial charge < -0.3 is 20.0 Å². The molecule has 0 amide bonds. The molecule has 2 aliphatic heterocycles. The molecule has 1 aliphatic carbocycles. The topological polar surface area (TPSA) is 72.7 Å². The van der Waals surface area contributed by atoms with Crippen LogP contribution < -0.4 is 9.80 Å². The van der Waals surface area contributed by atoms with Gasteiger partial charge >= 0.3 is 0 Å². The average Bonchev–Trinajstić information content (AvgIpc) is 3.36. The van der Waals surface area contributed by atoms with Crippen molar-refractivity contribution in [3.05, 3.63) is 12.4 Å². The number of hydrogen-bond acceptors (Lipinski definition) is 6. The van der Waals surface area contributed by atoms with Gasteiger partial charge in [0.15, 0.2) is 0 Å². The first-order chi connectivity index (χ1) is 11.1. The molecule has 0 radical (unpaired) electrons. The lowest BCUT2D eigenvalue weighted by Crippen LogP contribution is -2.39. The third-order valence-electron chi connectivity index (χ3n) is 5.83. The number of aliphatic hydroxyl groups excluding tert-OH is 1. The standard InChI is InChI=1S/C17H26N4O2/c1-12-9-21(10-17(12,23)13-2-3-13)16-8-15(18-11-19-16)20-6-4-14(22)5-7-20/h8,11-14,22-23H,2-7,9-10H2,1H3/t12-,17+/m1/s1. The fourth-order valence-electron chi connectivity index (χ4n) is 4.08. The Hall–Kier alpha value is -1.40. The highest BCUT2D eigenvalue weighted by Crippen LogP contribution is 2.47. The summed E-state index contributed by atoms with van der Waals surface area (Å²) in [5.74, 6) is 2.58. The molecule has 6 nitrogen and oxygen atoms in total. The number of piperidine rings is 1. The molecule has 6 heteroatoms. The zero-order valence-electron chi connectivity index (χ0n) is 13.7. The monoisotopic (exact) mass is 318 g/mol. The third kappa shape index (κ3) is 2.78.